The number of amides is 1. The highest BCUT2D eigenvalue weighted by Crippen LogP contribution is 2.18. The molecule has 1 amide bonds. The Balaban J connectivity index is 1.70. The molecule has 0 unspecified atom stereocenters. The van der Waals surface area contributed by atoms with Crippen molar-refractivity contribution in [2.75, 3.05) is 31.2 Å². The minimum absolute atomic E-state index is 0.113. The Hall–Kier alpha value is -3.29. The third-order valence-electron chi connectivity index (χ3n) is 4.22. The van der Waals surface area contributed by atoms with Crippen LogP contribution in [0.5, 0.6) is 0 Å². The first-order valence-corrected chi connectivity index (χ1v) is 8.90. The van der Waals surface area contributed by atoms with E-state index >= 15 is 0 Å². The molecule has 7 nitrogen and oxygen atoms in total. The van der Waals surface area contributed by atoms with Crippen molar-refractivity contribution in [2.45, 2.75) is 0 Å². The molecule has 0 radical (unpaired) electrons. The number of ketones is 1. The molecule has 144 valence electrons. The van der Waals surface area contributed by atoms with E-state index in [1.54, 1.807) is 30.3 Å². The molecule has 0 aliphatic carbocycles. The summed E-state index contributed by atoms with van der Waals surface area (Å²) in [5.41, 5.74) is 4.25. The zero-order valence-corrected chi connectivity index (χ0v) is 15.2. The van der Waals surface area contributed by atoms with Crippen LogP contribution in [0.3, 0.4) is 0 Å². The zero-order chi connectivity index (χ0) is 19.8. The highest BCUT2D eigenvalue weighted by molar-refractivity contribution is 6.07. The molecule has 1 saturated heterocycles. The number of morpholine rings is 1. The van der Waals surface area contributed by atoms with E-state index in [2.05, 4.69) is 9.88 Å². The highest BCUT2D eigenvalue weighted by atomic mass is 16.5. The minimum atomic E-state index is -0.641. The van der Waals surface area contributed by atoms with Gasteiger partial charge in [0.05, 0.1) is 24.6 Å². The molecule has 1 aromatic heterocycles. The SMILES string of the molecule is O=C(C=Cc1cccc(C=CC(=O)c2cccc(N3CCOCC3)c2)n1)NO. The van der Waals surface area contributed by atoms with Crippen LogP contribution in [-0.2, 0) is 9.53 Å². The van der Waals surface area contributed by atoms with Crippen LogP contribution in [0.4, 0.5) is 5.69 Å². The van der Waals surface area contributed by atoms with Gasteiger partial charge in [0.15, 0.2) is 5.78 Å². The first kappa shape index (κ1) is 19.5. The van der Waals surface area contributed by atoms with Crippen molar-refractivity contribution in [1.29, 1.82) is 0 Å². The second-order valence-corrected chi connectivity index (χ2v) is 6.14. The van der Waals surface area contributed by atoms with Gasteiger partial charge in [-0.1, -0.05) is 18.2 Å². The number of pyridine rings is 1. The van der Waals surface area contributed by atoms with Crippen molar-refractivity contribution in [3.05, 3.63) is 71.6 Å². The van der Waals surface area contributed by atoms with Crippen molar-refractivity contribution in [3.63, 3.8) is 0 Å². The summed E-state index contributed by atoms with van der Waals surface area (Å²) in [7, 11) is 0. The summed E-state index contributed by atoms with van der Waals surface area (Å²) < 4.78 is 5.37. The molecule has 2 N–H and O–H groups in total. The normalized spacial score (nSPS) is 14.5. The van der Waals surface area contributed by atoms with Crippen molar-refractivity contribution >= 4 is 29.5 Å². The van der Waals surface area contributed by atoms with E-state index < -0.39 is 5.91 Å². The quantitative estimate of drug-likeness (QED) is 0.346. The number of rotatable bonds is 6. The average molecular weight is 379 g/mol. The fourth-order valence-electron chi connectivity index (χ4n) is 2.79. The lowest BCUT2D eigenvalue weighted by molar-refractivity contribution is -0.124. The van der Waals surface area contributed by atoms with Crippen molar-refractivity contribution in [3.8, 4) is 0 Å². The molecule has 1 fully saturated rings. The number of ether oxygens (including phenoxy) is 1. The van der Waals surface area contributed by atoms with Gasteiger partial charge in [0.1, 0.15) is 0 Å². The number of nitrogens with one attached hydrogen (secondary N) is 1. The molecule has 0 spiro atoms. The molecule has 0 bridgehead atoms. The number of benzene rings is 1. The first-order chi connectivity index (χ1) is 13.7. The molecule has 3 rings (SSSR count). The van der Waals surface area contributed by atoms with Gasteiger partial charge in [-0.15, -0.1) is 0 Å². The van der Waals surface area contributed by atoms with E-state index in [9.17, 15) is 9.59 Å². The summed E-state index contributed by atoms with van der Waals surface area (Å²) in [6.07, 6.45) is 5.75. The number of carbonyl (C=O) groups excluding carboxylic acids is 2. The fraction of sp³-hybridized carbons (Fsp3) is 0.190. The van der Waals surface area contributed by atoms with Crippen LogP contribution in [0.15, 0.2) is 54.6 Å². The number of hydrogen-bond donors (Lipinski definition) is 2. The summed E-state index contributed by atoms with van der Waals surface area (Å²) in [6, 6.07) is 12.8. The fourth-order valence-corrected chi connectivity index (χ4v) is 2.79. The van der Waals surface area contributed by atoms with Gasteiger partial charge >= 0.3 is 0 Å². The molecule has 2 heterocycles. The van der Waals surface area contributed by atoms with Gasteiger partial charge in [-0.05, 0) is 42.5 Å². The number of hydroxylamine groups is 1. The maximum atomic E-state index is 12.5. The molecule has 0 atom stereocenters. The Morgan fingerprint density at radius 2 is 1.71 bits per heavy atom. The Morgan fingerprint density at radius 3 is 2.43 bits per heavy atom. The van der Waals surface area contributed by atoms with Gasteiger partial charge in [-0.2, -0.15) is 0 Å². The maximum absolute atomic E-state index is 12.5. The predicted octanol–water partition coefficient (Wildman–Crippen LogP) is 2.33. The first-order valence-electron chi connectivity index (χ1n) is 8.90. The molecule has 2 aromatic rings. The number of aromatic nitrogens is 1. The summed E-state index contributed by atoms with van der Waals surface area (Å²) >= 11 is 0. The molecule has 0 saturated carbocycles. The number of carbonyl (C=O) groups is 2. The van der Waals surface area contributed by atoms with Gasteiger partial charge in [0.25, 0.3) is 5.91 Å². The Bertz CT molecular complexity index is 902. The van der Waals surface area contributed by atoms with Crippen LogP contribution in [0, 0.1) is 0 Å². The summed E-state index contributed by atoms with van der Waals surface area (Å²) in [5, 5.41) is 8.49. The minimum Gasteiger partial charge on any atom is -0.378 e. The average Bonchev–Trinajstić information content (AvgIpc) is 2.76. The lowest BCUT2D eigenvalue weighted by atomic mass is 10.1. The van der Waals surface area contributed by atoms with E-state index in [1.807, 2.05) is 18.2 Å². The third kappa shape index (κ3) is 5.35. The molecule has 7 heteroatoms. The second kappa shape index (κ2) is 9.59. The molecular formula is C21H21N3O4. The standard InChI is InChI=1S/C21H21N3O4/c25-20(16-3-1-6-19(15-16)24-11-13-28-14-12-24)9-7-17-4-2-5-18(22-17)8-10-21(26)23-27/h1-10,15,27H,11-14H2,(H,23,26). The molecule has 1 aliphatic rings. The summed E-state index contributed by atoms with van der Waals surface area (Å²) in [6.45, 7) is 3.00. The number of allylic oxidation sites excluding steroid dienone is 1. The predicted molar refractivity (Wildman–Crippen MR) is 106 cm³/mol. The van der Waals surface area contributed by atoms with E-state index in [0.717, 1.165) is 24.9 Å². The topological polar surface area (TPSA) is 91.8 Å². The largest absolute Gasteiger partial charge is 0.378 e. The number of anilines is 1. The van der Waals surface area contributed by atoms with Gasteiger partial charge in [0, 0.05) is 30.4 Å². The highest BCUT2D eigenvalue weighted by Gasteiger charge is 2.12. The number of nitrogens with zero attached hydrogens (tertiary/aromatic N) is 2. The van der Waals surface area contributed by atoms with Crippen LogP contribution in [0.1, 0.15) is 21.7 Å². The third-order valence-corrected chi connectivity index (χ3v) is 4.22. The lowest BCUT2D eigenvalue weighted by Gasteiger charge is -2.29. The molecule has 28 heavy (non-hydrogen) atoms. The van der Waals surface area contributed by atoms with Crippen LogP contribution in [-0.4, -0.2) is 48.2 Å². The Labute approximate surface area is 162 Å². The Morgan fingerprint density at radius 1 is 1.04 bits per heavy atom. The number of hydrogen-bond acceptors (Lipinski definition) is 6. The molecular weight excluding hydrogens is 358 g/mol. The van der Waals surface area contributed by atoms with Crippen LogP contribution < -0.4 is 10.4 Å². The van der Waals surface area contributed by atoms with Crippen molar-refractivity contribution in [2.24, 2.45) is 0 Å². The smallest absolute Gasteiger partial charge is 0.267 e. The Kier molecular flexibility index (Phi) is 6.67. The zero-order valence-electron chi connectivity index (χ0n) is 15.2. The van der Waals surface area contributed by atoms with Crippen LogP contribution >= 0.6 is 0 Å². The van der Waals surface area contributed by atoms with Gasteiger partial charge < -0.3 is 9.64 Å². The van der Waals surface area contributed by atoms with E-state index in [0.29, 0.717) is 30.2 Å². The van der Waals surface area contributed by atoms with Gasteiger partial charge in [-0.25, -0.2) is 10.5 Å². The van der Waals surface area contributed by atoms with E-state index in [4.69, 9.17) is 9.94 Å². The molecule has 1 aromatic carbocycles. The lowest BCUT2D eigenvalue weighted by Crippen LogP contribution is -2.36. The van der Waals surface area contributed by atoms with Crippen molar-refractivity contribution in [1.82, 2.24) is 10.5 Å². The monoisotopic (exact) mass is 379 g/mol. The summed E-state index contributed by atoms with van der Waals surface area (Å²) in [5.74, 6) is -0.754. The second-order valence-electron chi connectivity index (χ2n) is 6.14. The van der Waals surface area contributed by atoms with Crippen LogP contribution in [0.2, 0.25) is 0 Å². The maximum Gasteiger partial charge on any atom is 0.267 e. The van der Waals surface area contributed by atoms with Crippen LogP contribution in [0.25, 0.3) is 12.2 Å². The van der Waals surface area contributed by atoms with E-state index in [-0.39, 0.29) is 5.78 Å². The van der Waals surface area contributed by atoms with Gasteiger partial charge in [-0.3, -0.25) is 14.8 Å². The molecule has 1 aliphatic heterocycles. The van der Waals surface area contributed by atoms with Crippen molar-refractivity contribution < 1.29 is 19.5 Å². The summed E-state index contributed by atoms with van der Waals surface area (Å²) in [4.78, 5) is 30.1. The van der Waals surface area contributed by atoms with Gasteiger partial charge in [0.2, 0.25) is 0 Å². The van der Waals surface area contributed by atoms with E-state index in [1.165, 1.54) is 17.6 Å².